The van der Waals surface area contributed by atoms with Crippen molar-refractivity contribution in [2.24, 2.45) is 5.92 Å². The largest absolute Gasteiger partial charge is 0.480 e. The zero-order valence-corrected chi connectivity index (χ0v) is 12.2. The summed E-state index contributed by atoms with van der Waals surface area (Å²) in [7, 11) is -4.10. The van der Waals surface area contributed by atoms with Gasteiger partial charge in [0.2, 0.25) is 5.91 Å². The molecule has 0 aromatic rings. The van der Waals surface area contributed by atoms with E-state index in [1.54, 1.807) is 0 Å². The van der Waals surface area contributed by atoms with Gasteiger partial charge in [-0.25, -0.2) is 8.42 Å². The number of carbonyl (C=O) groups excluding carboxylic acids is 1. The van der Waals surface area contributed by atoms with Crippen LogP contribution in [0.5, 0.6) is 0 Å². The number of aliphatic carboxylic acids is 1. The van der Waals surface area contributed by atoms with Crippen molar-refractivity contribution in [2.75, 3.05) is 6.54 Å². The average molecular weight is 279 g/mol. The molecule has 1 unspecified atom stereocenters. The van der Waals surface area contributed by atoms with Crippen LogP contribution in [0.4, 0.5) is 0 Å². The number of hydrogen-bond donors (Lipinski definition) is 2. The van der Waals surface area contributed by atoms with Gasteiger partial charge < -0.3 is 10.4 Å². The predicted octanol–water partition coefficient (Wildman–Crippen LogP) is 0.425. The van der Waals surface area contributed by atoms with Crippen LogP contribution in [-0.4, -0.2) is 41.9 Å². The van der Waals surface area contributed by atoms with Crippen LogP contribution in [0.15, 0.2) is 0 Å². The summed E-state index contributed by atoms with van der Waals surface area (Å²) in [6, 6.07) is 0. The number of rotatable bonds is 6. The minimum Gasteiger partial charge on any atom is -0.480 e. The van der Waals surface area contributed by atoms with Gasteiger partial charge in [0.25, 0.3) is 0 Å². The third-order valence-electron chi connectivity index (χ3n) is 2.75. The zero-order valence-electron chi connectivity index (χ0n) is 11.4. The third-order valence-corrected chi connectivity index (χ3v) is 5.49. The van der Waals surface area contributed by atoms with Crippen molar-refractivity contribution in [1.82, 2.24) is 5.32 Å². The molecular formula is C11H21NO5S. The molecule has 0 aromatic carbocycles. The molecule has 0 aliphatic rings. The van der Waals surface area contributed by atoms with E-state index in [1.807, 2.05) is 13.8 Å². The van der Waals surface area contributed by atoms with Gasteiger partial charge in [-0.1, -0.05) is 13.8 Å². The fraction of sp³-hybridized carbons (Fsp3) is 0.818. The van der Waals surface area contributed by atoms with Gasteiger partial charge in [0, 0.05) is 6.54 Å². The van der Waals surface area contributed by atoms with E-state index in [0.29, 0.717) is 6.54 Å². The Morgan fingerprint density at radius 2 is 1.67 bits per heavy atom. The fourth-order valence-corrected chi connectivity index (χ4v) is 2.65. The smallest absolute Gasteiger partial charge is 0.324 e. The highest BCUT2D eigenvalue weighted by atomic mass is 32.2. The van der Waals surface area contributed by atoms with E-state index in [2.05, 4.69) is 5.32 Å². The maximum atomic E-state index is 12.0. The van der Waals surface area contributed by atoms with Gasteiger partial charge in [0.1, 0.15) is 5.25 Å². The molecule has 106 valence electrons. The molecule has 0 rings (SSSR count). The van der Waals surface area contributed by atoms with E-state index in [4.69, 9.17) is 5.11 Å². The van der Waals surface area contributed by atoms with Gasteiger partial charge in [0.05, 0.1) is 0 Å². The van der Waals surface area contributed by atoms with E-state index >= 15 is 0 Å². The van der Waals surface area contributed by atoms with Crippen LogP contribution < -0.4 is 5.32 Å². The molecule has 0 radical (unpaired) electrons. The molecule has 0 saturated carbocycles. The normalized spacial score (nSPS) is 14.3. The van der Waals surface area contributed by atoms with Gasteiger partial charge in [-0.3, -0.25) is 9.59 Å². The number of nitrogens with one attached hydrogen (secondary N) is 1. The molecule has 2 N–H and O–H groups in total. The molecule has 0 aliphatic carbocycles. The van der Waals surface area contributed by atoms with Crippen molar-refractivity contribution in [3.8, 4) is 0 Å². The lowest BCUT2D eigenvalue weighted by molar-refractivity contribution is -0.139. The SMILES string of the molecule is CC(C)CNC(=O)C(C)S(=O)(=O)C(C)(C)C(=O)O. The standard InChI is InChI=1S/C11H21NO5S/c1-7(2)6-12-9(13)8(3)18(16,17)11(4,5)10(14)15/h7-8H,6H2,1-5H3,(H,12,13)(H,14,15). The number of carboxylic acid groups (broad SMARTS) is 1. The van der Waals surface area contributed by atoms with Crippen LogP contribution in [0.2, 0.25) is 0 Å². The summed E-state index contributed by atoms with van der Waals surface area (Å²) in [5.74, 6) is -1.94. The highest BCUT2D eigenvalue weighted by Gasteiger charge is 2.47. The Morgan fingerprint density at radius 1 is 1.22 bits per heavy atom. The Hall–Kier alpha value is -1.11. The summed E-state index contributed by atoms with van der Waals surface area (Å²) in [5, 5.41) is 10.0. The quantitative estimate of drug-likeness (QED) is 0.734. The molecule has 0 bridgehead atoms. The van der Waals surface area contributed by atoms with Crippen LogP contribution in [-0.2, 0) is 19.4 Å². The maximum absolute atomic E-state index is 12.0. The van der Waals surface area contributed by atoms with Gasteiger partial charge >= 0.3 is 5.97 Å². The molecule has 7 heteroatoms. The van der Waals surface area contributed by atoms with Gasteiger partial charge in [-0.2, -0.15) is 0 Å². The number of carbonyl (C=O) groups is 2. The van der Waals surface area contributed by atoms with Gasteiger partial charge in [-0.15, -0.1) is 0 Å². The minimum absolute atomic E-state index is 0.191. The number of hydrogen-bond acceptors (Lipinski definition) is 4. The van der Waals surface area contributed by atoms with E-state index in [1.165, 1.54) is 6.92 Å². The van der Waals surface area contributed by atoms with E-state index in [9.17, 15) is 18.0 Å². The molecule has 0 aromatic heterocycles. The van der Waals surface area contributed by atoms with Crippen LogP contribution >= 0.6 is 0 Å². The van der Waals surface area contributed by atoms with Crippen molar-refractivity contribution in [3.63, 3.8) is 0 Å². The van der Waals surface area contributed by atoms with Crippen molar-refractivity contribution >= 4 is 21.7 Å². The second-order valence-corrected chi connectivity index (χ2v) is 7.96. The second kappa shape index (κ2) is 5.69. The highest BCUT2D eigenvalue weighted by molar-refractivity contribution is 7.94. The summed E-state index contributed by atoms with van der Waals surface area (Å²) < 4.78 is 22.1. The molecular weight excluding hydrogens is 258 g/mol. The molecule has 1 atom stereocenters. The number of sulfone groups is 1. The molecule has 0 spiro atoms. The first-order valence-electron chi connectivity index (χ1n) is 5.69. The molecule has 0 aliphatic heterocycles. The first-order valence-corrected chi connectivity index (χ1v) is 7.23. The average Bonchev–Trinajstić information content (AvgIpc) is 2.23. The van der Waals surface area contributed by atoms with E-state index < -0.39 is 31.7 Å². The maximum Gasteiger partial charge on any atom is 0.324 e. The van der Waals surface area contributed by atoms with Gasteiger partial charge in [0.15, 0.2) is 14.6 Å². The summed E-state index contributed by atoms with van der Waals surface area (Å²) in [4.78, 5) is 22.6. The van der Waals surface area contributed by atoms with Crippen molar-refractivity contribution < 1.29 is 23.1 Å². The van der Waals surface area contributed by atoms with Crippen molar-refractivity contribution in [1.29, 1.82) is 0 Å². The number of amides is 1. The molecule has 18 heavy (non-hydrogen) atoms. The van der Waals surface area contributed by atoms with Crippen LogP contribution in [0, 0.1) is 5.92 Å². The molecule has 0 saturated heterocycles. The second-order valence-electron chi connectivity index (χ2n) is 5.14. The topological polar surface area (TPSA) is 101 Å². The first-order chi connectivity index (χ1) is 7.94. The molecule has 0 fully saturated rings. The third kappa shape index (κ3) is 3.44. The summed E-state index contributed by atoms with van der Waals surface area (Å²) >= 11 is 0. The Kier molecular flexibility index (Phi) is 5.34. The fourth-order valence-electron chi connectivity index (χ4n) is 1.15. The lowest BCUT2D eigenvalue weighted by Gasteiger charge is -2.24. The van der Waals surface area contributed by atoms with Crippen LogP contribution in [0.25, 0.3) is 0 Å². The van der Waals surface area contributed by atoms with Gasteiger partial charge in [-0.05, 0) is 26.7 Å². The number of carboxylic acids is 1. The van der Waals surface area contributed by atoms with Crippen molar-refractivity contribution in [2.45, 2.75) is 44.6 Å². The van der Waals surface area contributed by atoms with Crippen LogP contribution in [0.3, 0.4) is 0 Å². The summed E-state index contributed by atoms with van der Waals surface area (Å²) in [6.45, 7) is 7.47. The van der Waals surface area contributed by atoms with Crippen molar-refractivity contribution in [3.05, 3.63) is 0 Å². The van der Waals surface area contributed by atoms with E-state index in [-0.39, 0.29) is 5.92 Å². The molecule has 0 heterocycles. The monoisotopic (exact) mass is 279 g/mol. The molecule has 1 amide bonds. The lowest BCUT2D eigenvalue weighted by Crippen LogP contribution is -2.50. The Morgan fingerprint density at radius 3 is 2.00 bits per heavy atom. The van der Waals surface area contributed by atoms with E-state index in [0.717, 1.165) is 13.8 Å². The van der Waals surface area contributed by atoms with Crippen LogP contribution in [0.1, 0.15) is 34.6 Å². The lowest BCUT2D eigenvalue weighted by atomic mass is 10.2. The highest BCUT2D eigenvalue weighted by Crippen LogP contribution is 2.22. The zero-order chi connectivity index (χ0) is 14.7. The first kappa shape index (κ1) is 16.9. The Bertz CT molecular complexity index is 425. The summed E-state index contributed by atoms with van der Waals surface area (Å²) in [6.07, 6.45) is 0. The Labute approximate surface area is 108 Å². The summed E-state index contributed by atoms with van der Waals surface area (Å²) in [5.41, 5.74) is 0. The predicted molar refractivity (Wildman–Crippen MR) is 67.9 cm³/mol. The Balaban J connectivity index is 5.04. The minimum atomic E-state index is -4.10. The molecule has 6 nitrogen and oxygen atoms in total.